The van der Waals surface area contributed by atoms with Gasteiger partial charge in [-0.1, -0.05) is 24.6 Å². The van der Waals surface area contributed by atoms with E-state index in [0.717, 1.165) is 12.0 Å². The summed E-state index contributed by atoms with van der Waals surface area (Å²) < 4.78 is 9.81. The third-order valence-corrected chi connectivity index (χ3v) is 5.32. The van der Waals surface area contributed by atoms with Crippen LogP contribution in [0.15, 0.2) is 18.2 Å². The number of benzene rings is 1. The first-order chi connectivity index (χ1) is 16.4. The van der Waals surface area contributed by atoms with Gasteiger partial charge in [0.05, 0.1) is 7.11 Å². The van der Waals surface area contributed by atoms with Crippen molar-refractivity contribution in [2.45, 2.75) is 51.8 Å². The molecule has 0 aliphatic heterocycles. The second-order valence-corrected chi connectivity index (χ2v) is 9.51. The molecule has 0 fully saturated rings. The number of hydrogen-bond donors (Lipinski definition) is 3. The Morgan fingerprint density at radius 3 is 2.46 bits per heavy atom. The Kier molecular flexibility index (Phi) is 11.4. The van der Waals surface area contributed by atoms with Crippen molar-refractivity contribution >= 4 is 35.6 Å². The molecule has 0 aliphatic carbocycles. The SMILES string of the molecule is C#CN(C(=O)C(CCSC)NC(=O)OC(C)(C)C)C(C(=O)NCC(=O)OC)c1cccc(C)c1O. The molecule has 1 aromatic rings. The van der Waals surface area contributed by atoms with Crippen LogP contribution in [0.3, 0.4) is 0 Å². The minimum Gasteiger partial charge on any atom is -0.507 e. The van der Waals surface area contributed by atoms with Gasteiger partial charge in [0.2, 0.25) is 5.91 Å². The maximum absolute atomic E-state index is 13.5. The molecule has 2 unspecified atom stereocenters. The lowest BCUT2D eigenvalue weighted by molar-refractivity contribution is -0.142. The Morgan fingerprint density at radius 1 is 1.26 bits per heavy atom. The van der Waals surface area contributed by atoms with Gasteiger partial charge < -0.3 is 25.2 Å². The number of carbonyl (C=O) groups excluding carboxylic acids is 4. The van der Waals surface area contributed by atoms with E-state index in [4.69, 9.17) is 11.2 Å². The highest BCUT2D eigenvalue weighted by Gasteiger charge is 2.37. The average molecular weight is 508 g/mol. The number of para-hydroxylation sites is 1. The van der Waals surface area contributed by atoms with E-state index in [-0.39, 0.29) is 17.7 Å². The number of esters is 1. The molecule has 2 atom stereocenters. The van der Waals surface area contributed by atoms with Crippen LogP contribution in [-0.4, -0.2) is 71.2 Å². The number of aryl methyl sites for hydroxylation is 1. The molecule has 0 spiro atoms. The van der Waals surface area contributed by atoms with E-state index in [1.165, 1.54) is 17.8 Å². The quantitative estimate of drug-likeness (QED) is 0.249. The largest absolute Gasteiger partial charge is 0.507 e. The van der Waals surface area contributed by atoms with E-state index in [9.17, 15) is 24.3 Å². The van der Waals surface area contributed by atoms with Gasteiger partial charge in [0, 0.05) is 11.6 Å². The molecular weight excluding hydrogens is 474 g/mol. The molecule has 0 saturated heterocycles. The van der Waals surface area contributed by atoms with Crippen molar-refractivity contribution in [1.82, 2.24) is 15.5 Å². The van der Waals surface area contributed by atoms with Crippen LogP contribution in [0.4, 0.5) is 4.79 Å². The Bertz CT molecular complexity index is 969. The van der Waals surface area contributed by atoms with E-state index >= 15 is 0 Å². The van der Waals surface area contributed by atoms with Crippen LogP contribution < -0.4 is 10.6 Å². The summed E-state index contributed by atoms with van der Waals surface area (Å²) in [6, 6.07) is 4.26. The molecule has 192 valence electrons. The molecule has 3 N–H and O–H groups in total. The van der Waals surface area contributed by atoms with E-state index in [1.807, 2.05) is 6.26 Å². The first kappa shape index (κ1) is 29.6. The zero-order valence-corrected chi connectivity index (χ0v) is 21.7. The van der Waals surface area contributed by atoms with Gasteiger partial charge in [-0.2, -0.15) is 11.8 Å². The highest BCUT2D eigenvalue weighted by molar-refractivity contribution is 7.98. The number of aromatic hydroxyl groups is 1. The predicted molar refractivity (Wildman–Crippen MR) is 132 cm³/mol. The number of terminal acetylenes is 1. The first-order valence-electron chi connectivity index (χ1n) is 10.8. The van der Waals surface area contributed by atoms with Gasteiger partial charge in [-0.05, 0) is 51.7 Å². The number of alkyl carbamates (subject to hydrolysis) is 1. The molecule has 3 amide bonds. The van der Waals surface area contributed by atoms with Crippen molar-refractivity contribution in [1.29, 1.82) is 0 Å². The molecule has 1 rings (SSSR count). The van der Waals surface area contributed by atoms with Crippen LogP contribution in [0.2, 0.25) is 0 Å². The monoisotopic (exact) mass is 507 g/mol. The third-order valence-electron chi connectivity index (χ3n) is 4.68. The van der Waals surface area contributed by atoms with Crippen molar-refractivity contribution in [3.8, 4) is 18.2 Å². The van der Waals surface area contributed by atoms with Crippen molar-refractivity contribution in [2.24, 2.45) is 0 Å². The fraction of sp³-hybridized carbons (Fsp3) is 0.500. The number of ether oxygens (including phenoxy) is 2. The summed E-state index contributed by atoms with van der Waals surface area (Å²) in [5.41, 5.74) is -0.296. The van der Waals surface area contributed by atoms with E-state index < -0.39 is 48.1 Å². The molecule has 0 bridgehead atoms. The number of phenols is 1. The van der Waals surface area contributed by atoms with Crippen LogP contribution in [0.1, 0.15) is 44.4 Å². The van der Waals surface area contributed by atoms with Crippen LogP contribution in [-0.2, 0) is 23.9 Å². The van der Waals surface area contributed by atoms with Gasteiger partial charge in [-0.3, -0.25) is 19.3 Å². The lowest BCUT2D eigenvalue weighted by Gasteiger charge is -2.30. The number of nitrogens with zero attached hydrogens (tertiary/aromatic N) is 1. The molecule has 0 radical (unpaired) electrons. The highest BCUT2D eigenvalue weighted by Crippen LogP contribution is 2.32. The molecule has 0 aromatic heterocycles. The summed E-state index contributed by atoms with van der Waals surface area (Å²) in [6.45, 7) is 6.19. The van der Waals surface area contributed by atoms with Gasteiger partial charge in [0.25, 0.3) is 5.91 Å². The number of phenolic OH excluding ortho intramolecular Hbond substituents is 1. The average Bonchev–Trinajstić information content (AvgIpc) is 2.78. The summed E-state index contributed by atoms with van der Waals surface area (Å²) in [5.74, 6) is -2.03. The lowest BCUT2D eigenvalue weighted by Crippen LogP contribution is -2.52. The maximum atomic E-state index is 13.5. The molecule has 1 aromatic carbocycles. The fourth-order valence-electron chi connectivity index (χ4n) is 3.00. The molecular formula is C24H33N3O7S. The van der Waals surface area contributed by atoms with Crippen LogP contribution >= 0.6 is 11.8 Å². The van der Waals surface area contributed by atoms with E-state index in [2.05, 4.69) is 21.4 Å². The van der Waals surface area contributed by atoms with Crippen molar-refractivity contribution in [2.75, 3.05) is 25.7 Å². The van der Waals surface area contributed by atoms with Crippen LogP contribution in [0.5, 0.6) is 5.75 Å². The standard InChI is InChI=1S/C24H33N3O7S/c1-8-27(22(31)17(12-13-35-7)26-23(32)34-24(3,4)5)19(21(30)25-14-18(28)33-6)16-11-9-10-15(2)20(16)29/h1,9-11,17,19,29H,12-14H2,2-7H3,(H,25,30)(H,26,32). The number of rotatable bonds is 10. The predicted octanol–water partition coefficient (Wildman–Crippen LogP) is 2.10. The van der Waals surface area contributed by atoms with Gasteiger partial charge in [-0.25, -0.2) is 4.79 Å². The zero-order chi connectivity index (χ0) is 26.8. The highest BCUT2D eigenvalue weighted by atomic mass is 32.2. The summed E-state index contributed by atoms with van der Waals surface area (Å²) in [5, 5.41) is 15.5. The molecule has 0 aliphatic rings. The summed E-state index contributed by atoms with van der Waals surface area (Å²) in [6.07, 6.45) is 6.89. The van der Waals surface area contributed by atoms with Gasteiger partial charge >= 0.3 is 12.1 Å². The Labute approximate surface area is 210 Å². The number of carbonyl (C=O) groups is 4. The minimum absolute atomic E-state index is 0.0551. The molecule has 11 heteroatoms. The number of hydrogen-bond acceptors (Lipinski definition) is 8. The molecule has 10 nitrogen and oxygen atoms in total. The number of amides is 3. The van der Waals surface area contributed by atoms with Crippen LogP contribution in [0, 0.1) is 19.4 Å². The van der Waals surface area contributed by atoms with Gasteiger partial charge in [0.15, 0.2) is 6.04 Å². The summed E-state index contributed by atoms with van der Waals surface area (Å²) in [4.78, 5) is 51.4. The number of thioether (sulfide) groups is 1. The normalized spacial score (nSPS) is 12.5. The van der Waals surface area contributed by atoms with E-state index in [1.54, 1.807) is 39.8 Å². The van der Waals surface area contributed by atoms with Crippen molar-refractivity contribution in [3.05, 3.63) is 29.3 Å². The molecule has 0 saturated carbocycles. The van der Waals surface area contributed by atoms with Crippen LogP contribution in [0.25, 0.3) is 0 Å². The zero-order valence-electron chi connectivity index (χ0n) is 20.8. The lowest BCUT2D eigenvalue weighted by atomic mass is 9.99. The Balaban J connectivity index is 3.42. The number of nitrogens with one attached hydrogen (secondary N) is 2. The Morgan fingerprint density at radius 2 is 1.91 bits per heavy atom. The first-order valence-corrected chi connectivity index (χ1v) is 12.2. The number of methoxy groups -OCH3 is 1. The van der Waals surface area contributed by atoms with Gasteiger partial charge in [-0.15, -0.1) is 0 Å². The second-order valence-electron chi connectivity index (χ2n) is 8.53. The maximum Gasteiger partial charge on any atom is 0.408 e. The topological polar surface area (TPSA) is 134 Å². The molecule has 0 heterocycles. The minimum atomic E-state index is -1.49. The van der Waals surface area contributed by atoms with Crippen molar-refractivity contribution in [3.63, 3.8) is 0 Å². The smallest absolute Gasteiger partial charge is 0.408 e. The third kappa shape index (κ3) is 9.05. The fourth-order valence-corrected chi connectivity index (χ4v) is 3.48. The van der Waals surface area contributed by atoms with Gasteiger partial charge in [0.1, 0.15) is 23.9 Å². The second kappa shape index (κ2) is 13.5. The summed E-state index contributed by atoms with van der Waals surface area (Å²) in [7, 11) is 1.16. The molecule has 35 heavy (non-hydrogen) atoms. The Hall–Kier alpha value is -3.39. The van der Waals surface area contributed by atoms with E-state index in [0.29, 0.717) is 11.3 Å². The van der Waals surface area contributed by atoms with Crippen molar-refractivity contribution < 1.29 is 33.8 Å². The summed E-state index contributed by atoms with van der Waals surface area (Å²) >= 11 is 1.45.